The third-order valence-corrected chi connectivity index (χ3v) is 3.91. The summed E-state index contributed by atoms with van der Waals surface area (Å²) in [5.41, 5.74) is 2.09. The predicted molar refractivity (Wildman–Crippen MR) is 80.7 cm³/mol. The van der Waals surface area contributed by atoms with Crippen LogP contribution in [-0.4, -0.2) is 5.91 Å². The van der Waals surface area contributed by atoms with E-state index in [9.17, 15) is 18.0 Å². The molecule has 0 spiro atoms. The van der Waals surface area contributed by atoms with Gasteiger partial charge < -0.3 is 5.32 Å². The average Bonchev–Trinajstić information content (AvgIpc) is 2.88. The molecule has 2 aromatic rings. The zero-order valence-electron chi connectivity index (χ0n) is 12.5. The Bertz CT molecular complexity index is 735. The maximum Gasteiger partial charge on any atom is 0.225 e. The van der Waals surface area contributed by atoms with Crippen LogP contribution in [0, 0.1) is 17.5 Å². The molecular formula is C17H16F5NO. The largest absolute Gasteiger partial charge is 0.349 e. The van der Waals surface area contributed by atoms with Crippen molar-refractivity contribution in [3.63, 3.8) is 0 Å². The molecule has 7 heteroatoms. The number of hydrogen-bond donors (Lipinski definition) is 1. The van der Waals surface area contributed by atoms with Gasteiger partial charge in [-0.2, -0.15) is 0 Å². The smallest absolute Gasteiger partial charge is 0.225 e. The van der Waals surface area contributed by atoms with Gasteiger partial charge in [-0.1, -0.05) is 24.3 Å². The summed E-state index contributed by atoms with van der Waals surface area (Å²) in [6.07, 6.45) is 1.34. The van der Waals surface area contributed by atoms with Crippen LogP contribution >= 0.6 is 0 Å². The highest BCUT2D eigenvalue weighted by molar-refractivity contribution is 5.79. The summed E-state index contributed by atoms with van der Waals surface area (Å²) in [5.74, 6) is -3.74. The molecule has 3 rings (SSSR count). The van der Waals surface area contributed by atoms with E-state index in [4.69, 9.17) is 0 Å². The highest BCUT2D eigenvalue weighted by Crippen LogP contribution is 2.30. The lowest BCUT2D eigenvalue weighted by atomic mass is 10.1. The van der Waals surface area contributed by atoms with Crippen LogP contribution in [0.1, 0.15) is 29.2 Å². The van der Waals surface area contributed by atoms with Crippen molar-refractivity contribution in [2.45, 2.75) is 25.3 Å². The van der Waals surface area contributed by atoms with Crippen molar-refractivity contribution in [3.05, 3.63) is 70.5 Å². The summed E-state index contributed by atoms with van der Waals surface area (Å²) in [4.78, 5) is 12.0. The van der Waals surface area contributed by atoms with Gasteiger partial charge in [0, 0.05) is 11.6 Å². The second-order valence-electron chi connectivity index (χ2n) is 5.39. The lowest BCUT2D eigenvalue weighted by Crippen LogP contribution is -2.28. The molecule has 1 amide bonds. The molecule has 2 aromatic carbocycles. The molecule has 2 nitrogen and oxygen atoms in total. The van der Waals surface area contributed by atoms with Gasteiger partial charge in [0.25, 0.3) is 0 Å². The Labute approximate surface area is 135 Å². The summed E-state index contributed by atoms with van der Waals surface area (Å²) >= 11 is 0. The number of amides is 1. The van der Waals surface area contributed by atoms with Gasteiger partial charge in [0.15, 0.2) is 11.6 Å². The number of hydrogen-bond acceptors (Lipinski definition) is 1. The number of rotatable bonds is 3. The first-order valence-corrected chi connectivity index (χ1v) is 7.05. The average molecular weight is 345 g/mol. The van der Waals surface area contributed by atoms with Gasteiger partial charge in [0.05, 0.1) is 12.5 Å². The van der Waals surface area contributed by atoms with Crippen molar-refractivity contribution in [1.82, 2.24) is 5.32 Å². The number of carbonyl (C=O) groups is 1. The first kappa shape index (κ1) is 19.6. The zero-order chi connectivity index (χ0) is 15.7. The maximum absolute atomic E-state index is 13.6. The Morgan fingerprint density at radius 2 is 1.71 bits per heavy atom. The van der Waals surface area contributed by atoms with Crippen molar-refractivity contribution in [3.8, 4) is 0 Å². The van der Waals surface area contributed by atoms with E-state index in [1.165, 1.54) is 5.56 Å². The van der Waals surface area contributed by atoms with E-state index < -0.39 is 23.4 Å². The molecule has 1 aliphatic rings. The van der Waals surface area contributed by atoms with Gasteiger partial charge in [-0.3, -0.25) is 14.2 Å². The normalized spacial score (nSPS) is 15.0. The van der Waals surface area contributed by atoms with Crippen molar-refractivity contribution in [2.75, 3.05) is 0 Å². The SMILES string of the molecule is F.F.O=C(Cc1cc(F)c(F)cc1F)N[C@H]1CCc2ccccc21. The minimum absolute atomic E-state index is 0. The molecule has 0 saturated heterocycles. The number of aryl methyl sites for hydroxylation is 1. The number of benzene rings is 2. The lowest BCUT2D eigenvalue weighted by molar-refractivity contribution is -0.121. The Hall–Kier alpha value is -2.44. The molecule has 0 aliphatic heterocycles. The Balaban J connectivity index is 0.00000144. The molecule has 0 fully saturated rings. The fourth-order valence-corrected chi connectivity index (χ4v) is 2.82. The minimum Gasteiger partial charge on any atom is -0.349 e. The Kier molecular flexibility index (Phi) is 6.45. The van der Waals surface area contributed by atoms with Crippen molar-refractivity contribution in [2.24, 2.45) is 0 Å². The van der Waals surface area contributed by atoms with E-state index in [0.29, 0.717) is 6.07 Å². The second-order valence-corrected chi connectivity index (χ2v) is 5.39. The van der Waals surface area contributed by atoms with Gasteiger partial charge in [-0.15, -0.1) is 0 Å². The van der Waals surface area contributed by atoms with Gasteiger partial charge in [-0.05, 0) is 30.0 Å². The molecule has 0 radical (unpaired) electrons. The molecule has 1 N–H and O–H groups in total. The van der Waals surface area contributed by atoms with Crippen LogP contribution < -0.4 is 5.32 Å². The van der Waals surface area contributed by atoms with Gasteiger partial charge in [0.2, 0.25) is 5.91 Å². The topological polar surface area (TPSA) is 29.1 Å². The van der Waals surface area contributed by atoms with Crippen LogP contribution in [0.25, 0.3) is 0 Å². The third-order valence-electron chi connectivity index (χ3n) is 3.91. The summed E-state index contributed by atoms with van der Waals surface area (Å²) < 4.78 is 39.6. The first-order valence-electron chi connectivity index (χ1n) is 7.05. The molecular weight excluding hydrogens is 329 g/mol. The summed E-state index contributed by atoms with van der Waals surface area (Å²) in [5, 5.41) is 2.82. The maximum atomic E-state index is 13.6. The fraction of sp³-hybridized carbons (Fsp3) is 0.235. The third kappa shape index (κ3) is 3.90. The molecule has 1 atom stereocenters. The standard InChI is InChI=1S/C17H14F3NO.2FH/c18-13-9-15(20)14(19)7-11(13)8-17(22)21-16-6-5-10-3-1-2-4-12(10)16;;/h1-4,7,9,16H,5-6,8H2,(H,21,22);2*1H/t16-;;/m0../s1. The van der Waals surface area contributed by atoms with E-state index in [-0.39, 0.29) is 27.4 Å². The van der Waals surface area contributed by atoms with E-state index in [0.717, 1.165) is 24.5 Å². The van der Waals surface area contributed by atoms with Crippen molar-refractivity contribution < 1.29 is 27.4 Å². The highest BCUT2D eigenvalue weighted by atomic mass is 19.2. The lowest BCUT2D eigenvalue weighted by Gasteiger charge is -2.14. The van der Waals surface area contributed by atoms with Crippen molar-refractivity contribution >= 4 is 5.91 Å². The fourth-order valence-electron chi connectivity index (χ4n) is 2.82. The second kappa shape index (κ2) is 7.90. The van der Waals surface area contributed by atoms with Crippen LogP contribution in [0.5, 0.6) is 0 Å². The molecule has 0 unspecified atom stereocenters. The quantitative estimate of drug-likeness (QED) is 0.666. The van der Waals surface area contributed by atoms with Gasteiger partial charge in [0.1, 0.15) is 5.82 Å². The summed E-state index contributed by atoms with van der Waals surface area (Å²) in [6.45, 7) is 0. The monoisotopic (exact) mass is 345 g/mol. The van der Waals surface area contributed by atoms with Crippen LogP contribution in [0.4, 0.5) is 22.6 Å². The minimum atomic E-state index is -1.26. The van der Waals surface area contributed by atoms with Crippen molar-refractivity contribution in [1.29, 1.82) is 0 Å². The number of halogens is 5. The van der Waals surface area contributed by atoms with Crippen LogP contribution in [-0.2, 0) is 17.6 Å². The number of nitrogens with one attached hydrogen (secondary N) is 1. The van der Waals surface area contributed by atoms with Crippen LogP contribution in [0.3, 0.4) is 0 Å². The van der Waals surface area contributed by atoms with E-state index >= 15 is 0 Å². The molecule has 24 heavy (non-hydrogen) atoms. The van der Waals surface area contributed by atoms with Gasteiger partial charge in [-0.25, -0.2) is 13.2 Å². The first-order chi connectivity index (χ1) is 10.5. The summed E-state index contributed by atoms with van der Waals surface area (Å²) in [7, 11) is 0. The molecule has 0 aromatic heterocycles. The Morgan fingerprint density at radius 3 is 2.46 bits per heavy atom. The van der Waals surface area contributed by atoms with Crippen LogP contribution in [0.15, 0.2) is 36.4 Å². The van der Waals surface area contributed by atoms with E-state index in [1.54, 1.807) is 0 Å². The van der Waals surface area contributed by atoms with Crippen LogP contribution in [0.2, 0.25) is 0 Å². The number of carbonyl (C=O) groups excluding carboxylic acids is 1. The molecule has 1 aliphatic carbocycles. The molecule has 0 heterocycles. The van der Waals surface area contributed by atoms with E-state index in [2.05, 4.69) is 5.32 Å². The Morgan fingerprint density at radius 1 is 1.04 bits per heavy atom. The summed E-state index contributed by atoms with van der Waals surface area (Å²) in [6, 6.07) is 8.88. The highest BCUT2D eigenvalue weighted by Gasteiger charge is 2.23. The predicted octanol–water partition coefficient (Wildman–Crippen LogP) is 3.76. The number of fused-ring (bicyclic) bond motifs is 1. The van der Waals surface area contributed by atoms with E-state index in [1.807, 2.05) is 24.3 Å². The zero-order valence-corrected chi connectivity index (χ0v) is 12.5. The molecule has 130 valence electrons. The molecule has 0 saturated carbocycles. The van der Waals surface area contributed by atoms with Gasteiger partial charge >= 0.3 is 0 Å². The molecule has 0 bridgehead atoms.